The summed E-state index contributed by atoms with van der Waals surface area (Å²) in [6, 6.07) is 4.38. The van der Waals surface area contributed by atoms with Gasteiger partial charge >= 0.3 is 0 Å². The molecule has 0 radical (unpaired) electrons. The molecule has 0 atom stereocenters. The van der Waals surface area contributed by atoms with E-state index in [1.807, 2.05) is 0 Å². The molecule has 2 rings (SSSR count). The first-order valence-corrected chi connectivity index (χ1v) is 9.29. The van der Waals surface area contributed by atoms with Crippen LogP contribution in [-0.2, 0) is 14.8 Å². The van der Waals surface area contributed by atoms with Crippen molar-refractivity contribution in [2.24, 2.45) is 0 Å². The van der Waals surface area contributed by atoms with Crippen LogP contribution in [0.1, 0.15) is 19.8 Å². The third kappa shape index (κ3) is 3.74. The summed E-state index contributed by atoms with van der Waals surface area (Å²) in [6.45, 7) is 3.38. The minimum absolute atomic E-state index is 0.0111. The minimum atomic E-state index is -3.72. The normalized spacial score (nSPS) is 17.3. The lowest BCUT2D eigenvalue weighted by Crippen LogP contribution is -2.37. The highest BCUT2D eigenvalue weighted by molar-refractivity contribution is 7.89. The molecule has 0 aromatic heterocycles. The second-order valence-corrected chi connectivity index (χ2v) is 7.82. The molecule has 1 heterocycles. The first kappa shape index (κ1) is 17.5. The SMILES string of the molecule is CCC(=O)N1CCCN(S(=O)(=O)c2cc(Cl)ccc2Cl)CC1. The molecule has 1 fully saturated rings. The number of nitrogens with zero attached hydrogens (tertiary/aromatic N) is 2. The van der Waals surface area contributed by atoms with Crippen molar-refractivity contribution in [1.82, 2.24) is 9.21 Å². The van der Waals surface area contributed by atoms with Crippen molar-refractivity contribution in [3.8, 4) is 0 Å². The highest BCUT2D eigenvalue weighted by Gasteiger charge is 2.29. The molecular weight excluding hydrogens is 347 g/mol. The van der Waals surface area contributed by atoms with Gasteiger partial charge in [0.15, 0.2) is 0 Å². The summed E-state index contributed by atoms with van der Waals surface area (Å²) >= 11 is 11.9. The van der Waals surface area contributed by atoms with Crippen molar-refractivity contribution in [3.63, 3.8) is 0 Å². The molecular formula is C14H18Cl2N2O3S. The van der Waals surface area contributed by atoms with Crippen LogP contribution in [0.5, 0.6) is 0 Å². The Balaban J connectivity index is 2.23. The lowest BCUT2D eigenvalue weighted by molar-refractivity contribution is -0.130. The van der Waals surface area contributed by atoms with Crippen LogP contribution in [0.15, 0.2) is 23.1 Å². The largest absolute Gasteiger partial charge is 0.341 e. The van der Waals surface area contributed by atoms with Gasteiger partial charge in [0.1, 0.15) is 4.90 Å². The Morgan fingerprint density at radius 2 is 1.91 bits per heavy atom. The van der Waals surface area contributed by atoms with Gasteiger partial charge in [-0.05, 0) is 24.6 Å². The molecule has 1 aromatic carbocycles. The standard InChI is InChI=1S/C14H18Cl2N2O3S/c1-2-14(19)17-6-3-7-18(9-8-17)22(20,21)13-10-11(15)4-5-12(13)16/h4-5,10H,2-3,6-9H2,1H3. The Kier molecular flexibility index (Phi) is 5.71. The second kappa shape index (κ2) is 7.17. The predicted molar refractivity (Wildman–Crippen MR) is 86.7 cm³/mol. The number of rotatable bonds is 3. The number of hydrogen-bond acceptors (Lipinski definition) is 3. The van der Waals surface area contributed by atoms with Crippen LogP contribution in [0.25, 0.3) is 0 Å². The fourth-order valence-electron chi connectivity index (χ4n) is 2.42. The van der Waals surface area contributed by atoms with Gasteiger partial charge in [-0.15, -0.1) is 0 Å². The van der Waals surface area contributed by atoms with E-state index in [9.17, 15) is 13.2 Å². The summed E-state index contributed by atoms with van der Waals surface area (Å²) in [6.07, 6.45) is 1.02. The Bertz CT molecular complexity index is 664. The highest BCUT2D eigenvalue weighted by Crippen LogP contribution is 2.28. The molecule has 0 bridgehead atoms. The average Bonchev–Trinajstić information content (AvgIpc) is 2.75. The van der Waals surface area contributed by atoms with Gasteiger partial charge < -0.3 is 4.90 Å². The quantitative estimate of drug-likeness (QED) is 0.828. The zero-order valence-corrected chi connectivity index (χ0v) is 14.6. The van der Waals surface area contributed by atoms with E-state index in [2.05, 4.69) is 0 Å². The highest BCUT2D eigenvalue weighted by atomic mass is 35.5. The monoisotopic (exact) mass is 364 g/mol. The lowest BCUT2D eigenvalue weighted by atomic mass is 10.3. The fraction of sp³-hybridized carbons (Fsp3) is 0.500. The number of halogens is 2. The number of carbonyl (C=O) groups is 1. The molecule has 1 amide bonds. The molecule has 122 valence electrons. The molecule has 1 aliphatic rings. The van der Waals surface area contributed by atoms with Gasteiger partial charge in [-0.1, -0.05) is 30.1 Å². The van der Waals surface area contributed by atoms with E-state index in [0.717, 1.165) is 0 Å². The lowest BCUT2D eigenvalue weighted by Gasteiger charge is -2.22. The summed E-state index contributed by atoms with van der Waals surface area (Å²) in [7, 11) is -3.72. The zero-order chi connectivity index (χ0) is 16.3. The van der Waals surface area contributed by atoms with E-state index in [1.165, 1.54) is 16.4 Å². The molecule has 0 N–H and O–H groups in total. The van der Waals surface area contributed by atoms with Crippen LogP contribution < -0.4 is 0 Å². The summed E-state index contributed by atoms with van der Waals surface area (Å²) in [4.78, 5) is 13.5. The molecule has 1 aromatic rings. The summed E-state index contributed by atoms with van der Waals surface area (Å²) in [5.41, 5.74) is 0. The zero-order valence-electron chi connectivity index (χ0n) is 12.3. The molecule has 1 saturated heterocycles. The van der Waals surface area contributed by atoms with E-state index < -0.39 is 10.0 Å². The maximum absolute atomic E-state index is 12.7. The molecule has 0 aliphatic carbocycles. The average molecular weight is 365 g/mol. The van der Waals surface area contributed by atoms with E-state index in [0.29, 0.717) is 37.5 Å². The Morgan fingerprint density at radius 1 is 1.18 bits per heavy atom. The number of sulfonamides is 1. The van der Waals surface area contributed by atoms with Crippen LogP contribution in [0.4, 0.5) is 0 Å². The maximum atomic E-state index is 12.7. The van der Waals surface area contributed by atoms with Gasteiger partial charge in [0, 0.05) is 37.6 Å². The molecule has 8 heteroatoms. The topological polar surface area (TPSA) is 57.7 Å². The van der Waals surface area contributed by atoms with Crippen LogP contribution in [-0.4, -0.2) is 49.7 Å². The van der Waals surface area contributed by atoms with E-state index in [1.54, 1.807) is 17.9 Å². The van der Waals surface area contributed by atoms with Gasteiger partial charge in [-0.3, -0.25) is 4.79 Å². The van der Waals surface area contributed by atoms with Gasteiger partial charge in [-0.2, -0.15) is 4.31 Å². The van der Waals surface area contributed by atoms with E-state index >= 15 is 0 Å². The number of carbonyl (C=O) groups excluding carboxylic acids is 1. The third-order valence-electron chi connectivity index (χ3n) is 3.62. The van der Waals surface area contributed by atoms with E-state index in [4.69, 9.17) is 23.2 Å². The summed E-state index contributed by atoms with van der Waals surface area (Å²) in [5.74, 6) is 0.0417. The fourth-order valence-corrected chi connectivity index (χ4v) is 4.63. The van der Waals surface area contributed by atoms with Gasteiger partial charge in [0.25, 0.3) is 0 Å². The Hall–Kier alpha value is -0.820. The molecule has 0 saturated carbocycles. The van der Waals surface area contributed by atoms with Crippen molar-refractivity contribution in [3.05, 3.63) is 28.2 Å². The molecule has 5 nitrogen and oxygen atoms in total. The molecule has 0 spiro atoms. The molecule has 0 unspecified atom stereocenters. The molecule has 22 heavy (non-hydrogen) atoms. The van der Waals surface area contributed by atoms with Crippen LogP contribution >= 0.6 is 23.2 Å². The van der Waals surface area contributed by atoms with Crippen molar-refractivity contribution in [2.45, 2.75) is 24.7 Å². The van der Waals surface area contributed by atoms with Crippen molar-refractivity contribution in [1.29, 1.82) is 0 Å². The van der Waals surface area contributed by atoms with Crippen molar-refractivity contribution >= 4 is 39.1 Å². The number of benzene rings is 1. The first-order valence-electron chi connectivity index (χ1n) is 7.09. The summed E-state index contributed by atoms with van der Waals surface area (Å²) in [5, 5.41) is 0.468. The van der Waals surface area contributed by atoms with Crippen LogP contribution in [0.2, 0.25) is 10.0 Å². The van der Waals surface area contributed by atoms with E-state index in [-0.39, 0.29) is 22.4 Å². The Morgan fingerprint density at radius 3 is 2.59 bits per heavy atom. The van der Waals surface area contributed by atoms with Crippen LogP contribution in [0, 0.1) is 0 Å². The Labute approximate surface area is 140 Å². The van der Waals surface area contributed by atoms with Gasteiger partial charge in [0.05, 0.1) is 5.02 Å². The second-order valence-electron chi connectivity index (χ2n) is 5.07. The summed E-state index contributed by atoms with van der Waals surface area (Å²) < 4.78 is 26.8. The maximum Gasteiger partial charge on any atom is 0.244 e. The minimum Gasteiger partial charge on any atom is -0.341 e. The predicted octanol–water partition coefficient (Wildman–Crippen LogP) is 2.63. The van der Waals surface area contributed by atoms with Crippen LogP contribution in [0.3, 0.4) is 0 Å². The van der Waals surface area contributed by atoms with Crippen molar-refractivity contribution < 1.29 is 13.2 Å². The van der Waals surface area contributed by atoms with Gasteiger partial charge in [0.2, 0.25) is 15.9 Å². The van der Waals surface area contributed by atoms with Crippen molar-refractivity contribution in [2.75, 3.05) is 26.2 Å². The number of amides is 1. The smallest absolute Gasteiger partial charge is 0.244 e. The molecule has 1 aliphatic heterocycles. The third-order valence-corrected chi connectivity index (χ3v) is 6.24. The van der Waals surface area contributed by atoms with Gasteiger partial charge in [-0.25, -0.2) is 8.42 Å². The number of hydrogen-bond donors (Lipinski definition) is 0. The first-order chi connectivity index (χ1) is 10.4.